The summed E-state index contributed by atoms with van der Waals surface area (Å²) >= 11 is 0. The number of hydrogen-bond acceptors (Lipinski definition) is 2. The van der Waals surface area contributed by atoms with Crippen LogP contribution in [0.25, 0.3) is 11.3 Å². The molecule has 0 aliphatic carbocycles. The van der Waals surface area contributed by atoms with E-state index in [1.54, 1.807) is 0 Å². The molecular weight excluding hydrogens is 234 g/mol. The van der Waals surface area contributed by atoms with E-state index in [4.69, 9.17) is 0 Å². The molecule has 1 heterocycles. The van der Waals surface area contributed by atoms with Gasteiger partial charge in [0.05, 0.1) is 11.4 Å². The molecule has 0 fully saturated rings. The third-order valence-corrected chi connectivity index (χ3v) is 3.65. The molecule has 1 aromatic carbocycles. The van der Waals surface area contributed by atoms with Crippen LogP contribution in [-0.4, -0.2) is 17.2 Å². The van der Waals surface area contributed by atoms with Crippen molar-refractivity contribution in [3.8, 4) is 11.3 Å². The first kappa shape index (κ1) is 13.8. The summed E-state index contributed by atoms with van der Waals surface area (Å²) in [5.41, 5.74) is 7.34. The lowest BCUT2D eigenvalue weighted by molar-refractivity contribution is 0.779. The summed E-state index contributed by atoms with van der Waals surface area (Å²) in [4.78, 5) is 0. The molecule has 2 aromatic rings. The number of benzene rings is 1. The van der Waals surface area contributed by atoms with Gasteiger partial charge in [-0.25, -0.2) is 0 Å². The summed E-state index contributed by atoms with van der Waals surface area (Å²) < 4.78 is 0. The molecule has 0 spiro atoms. The van der Waals surface area contributed by atoms with E-state index in [2.05, 4.69) is 61.4 Å². The molecule has 102 valence electrons. The molecule has 0 atom stereocenters. The van der Waals surface area contributed by atoms with Crippen LogP contribution in [0.1, 0.15) is 42.1 Å². The van der Waals surface area contributed by atoms with Gasteiger partial charge in [-0.05, 0) is 49.6 Å². The number of nitrogens with zero attached hydrogens (tertiary/aromatic N) is 1. The van der Waals surface area contributed by atoms with Crippen molar-refractivity contribution in [1.29, 1.82) is 0 Å². The van der Waals surface area contributed by atoms with Gasteiger partial charge in [-0.2, -0.15) is 5.10 Å². The first-order valence-electron chi connectivity index (χ1n) is 6.84. The summed E-state index contributed by atoms with van der Waals surface area (Å²) in [7, 11) is 1.95. The molecule has 0 bridgehead atoms. The zero-order chi connectivity index (χ0) is 14.0. The maximum absolute atomic E-state index is 4.50. The smallest absolute Gasteiger partial charge is 0.0955 e. The highest BCUT2D eigenvalue weighted by molar-refractivity contribution is 5.68. The molecule has 0 aliphatic rings. The van der Waals surface area contributed by atoms with E-state index < -0.39 is 0 Å². The van der Waals surface area contributed by atoms with Crippen molar-refractivity contribution in [1.82, 2.24) is 15.5 Å². The molecule has 0 aliphatic heterocycles. The van der Waals surface area contributed by atoms with Gasteiger partial charge in [0.25, 0.3) is 0 Å². The lowest BCUT2D eigenvalue weighted by atomic mass is 9.95. The number of aromatic amines is 1. The summed E-state index contributed by atoms with van der Waals surface area (Å²) in [6, 6.07) is 6.67. The molecule has 1 aromatic heterocycles. The minimum absolute atomic E-state index is 0.537. The Kier molecular flexibility index (Phi) is 4.05. The number of aromatic nitrogens is 2. The predicted molar refractivity (Wildman–Crippen MR) is 80.4 cm³/mol. The Hall–Kier alpha value is -1.61. The van der Waals surface area contributed by atoms with Crippen LogP contribution in [0.3, 0.4) is 0 Å². The Labute approximate surface area is 115 Å². The van der Waals surface area contributed by atoms with Gasteiger partial charge in [-0.15, -0.1) is 0 Å². The van der Waals surface area contributed by atoms with Crippen molar-refractivity contribution in [3.05, 3.63) is 40.6 Å². The summed E-state index contributed by atoms with van der Waals surface area (Å²) in [5.74, 6) is 0.537. The molecule has 3 nitrogen and oxygen atoms in total. The number of rotatable bonds is 4. The summed E-state index contributed by atoms with van der Waals surface area (Å²) in [5, 5.41) is 10.8. The fourth-order valence-electron chi connectivity index (χ4n) is 2.30. The Balaban J connectivity index is 2.49. The van der Waals surface area contributed by atoms with E-state index in [1.165, 1.54) is 22.3 Å². The summed E-state index contributed by atoms with van der Waals surface area (Å²) in [6.07, 6.45) is 0. The van der Waals surface area contributed by atoms with Crippen LogP contribution < -0.4 is 5.32 Å². The molecular formula is C16H23N3. The van der Waals surface area contributed by atoms with Gasteiger partial charge in [0.15, 0.2) is 0 Å². The second-order valence-electron chi connectivity index (χ2n) is 5.44. The first-order chi connectivity index (χ1) is 9.04. The van der Waals surface area contributed by atoms with Crippen LogP contribution in [0, 0.1) is 13.8 Å². The lowest BCUT2D eigenvalue weighted by Crippen LogP contribution is -2.06. The van der Waals surface area contributed by atoms with E-state index in [-0.39, 0.29) is 0 Å². The average molecular weight is 257 g/mol. The van der Waals surface area contributed by atoms with Crippen LogP contribution in [0.15, 0.2) is 18.2 Å². The molecule has 2 N–H and O–H groups in total. The molecule has 3 heteroatoms. The largest absolute Gasteiger partial charge is 0.314 e. The maximum Gasteiger partial charge on any atom is 0.0955 e. The van der Waals surface area contributed by atoms with Crippen LogP contribution in [0.5, 0.6) is 0 Å². The maximum atomic E-state index is 4.50. The minimum atomic E-state index is 0.537. The number of nitrogens with one attached hydrogen (secondary N) is 2. The van der Waals surface area contributed by atoms with E-state index in [0.29, 0.717) is 5.92 Å². The highest BCUT2D eigenvalue weighted by Crippen LogP contribution is 2.29. The SMILES string of the molecule is CNCc1[nH]nc(-c2cc(C(C)C)ccc2C)c1C. The molecule has 0 amide bonds. The Bertz CT molecular complexity index is 567. The normalized spacial score (nSPS) is 11.3. The second kappa shape index (κ2) is 5.57. The van der Waals surface area contributed by atoms with Gasteiger partial charge in [0.1, 0.15) is 0 Å². The van der Waals surface area contributed by atoms with Crippen molar-refractivity contribution < 1.29 is 0 Å². The average Bonchev–Trinajstić information content (AvgIpc) is 2.72. The monoisotopic (exact) mass is 257 g/mol. The highest BCUT2D eigenvalue weighted by atomic mass is 15.1. The van der Waals surface area contributed by atoms with Gasteiger partial charge in [-0.1, -0.05) is 26.0 Å². The van der Waals surface area contributed by atoms with Gasteiger partial charge in [-0.3, -0.25) is 5.10 Å². The molecule has 0 radical (unpaired) electrons. The fourth-order valence-corrected chi connectivity index (χ4v) is 2.30. The van der Waals surface area contributed by atoms with Crippen molar-refractivity contribution in [2.45, 2.75) is 40.2 Å². The predicted octanol–water partition coefficient (Wildman–Crippen LogP) is 3.54. The van der Waals surface area contributed by atoms with Gasteiger partial charge in [0.2, 0.25) is 0 Å². The molecule has 2 rings (SSSR count). The third-order valence-electron chi connectivity index (χ3n) is 3.65. The Morgan fingerprint density at radius 1 is 1.26 bits per heavy atom. The number of hydrogen-bond donors (Lipinski definition) is 2. The lowest BCUT2D eigenvalue weighted by Gasteiger charge is -2.10. The fraction of sp³-hybridized carbons (Fsp3) is 0.438. The van der Waals surface area contributed by atoms with E-state index in [9.17, 15) is 0 Å². The van der Waals surface area contributed by atoms with E-state index >= 15 is 0 Å². The minimum Gasteiger partial charge on any atom is -0.314 e. The van der Waals surface area contributed by atoms with E-state index in [0.717, 1.165) is 17.9 Å². The van der Waals surface area contributed by atoms with Crippen LogP contribution >= 0.6 is 0 Å². The van der Waals surface area contributed by atoms with Gasteiger partial charge in [0, 0.05) is 12.1 Å². The highest BCUT2D eigenvalue weighted by Gasteiger charge is 2.13. The Morgan fingerprint density at radius 3 is 2.63 bits per heavy atom. The van der Waals surface area contributed by atoms with Crippen LogP contribution in [-0.2, 0) is 6.54 Å². The Morgan fingerprint density at radius 2 is 2.00 bits per heavy atom. The van der Waals surface area contributed by atoms with Crippen molar-refractivity contribution in [2.24, 2.45) is 0 Å². The number of H-pyrrole nitrogens is 1. The zero-order valence-corrected chi connectivity index (χ0v) is 12.5. The van der Waals surface area contributed by atoms with Crippen molar-refractivity contribution >= 4 is 0 Å². The quantitative estimate of drug-likeness (QED) is 0.879. The zero-order valence-electron chi connectivity index (χ0n) is 12.5. The van der Waals surface area contributed by atoms with Crippen LogP contribution in [0.2, 0.25) is 0 Å². The van der Waals surface area contributed by atoms with Gasteiger partial charge < -0.3 is 5.32 Å². The third kappa shape index (κ3) is 2.71. The molecule has 0 saturated heterocycles. The second-order valence-corrected chi connectivity index (χ2v) is 5.44. The van der Waals surface area contributed by atoms with Crippen molar-refractivity contribution in [3.63, 3.8) is 0 Å². The van der Waals surface area contributed by atoms with Crippen LogP contribution in [0.4, 0.5) is 0 Å². The summed E-state index contributed by atoms with van der Waals surface area (Å²) in [6.45, 7) is 9.54. The number of aryl methyl sites for hydroxylation is 1. The van der Waals surface area contributed by atoms with E-state index in [1.807, 2.05) is 7.05 Å². The standard InChI is InChI=1S/C16H23N3/c1-10(2)13-7-6-11(3)14(8-13)16-12(4)15(9-17-5)18-19-16/h6-8,10,17H,9H2,1-5H3,(H,18,19). The molecule has 0 saturated carbocycles. The first-order valence-corrected chi connectivity index (χ1v) is 6.84. The van der Waals surface area contributed by atoms with Crippen molar-refractivity contribution in [2.75, 3.05) is 7.05 Å². The topological polar surface area (TPSA) is 40.7 Å². The molecule has 0 unspecified atom stereocenters. The molecule has 19 heavy (non-hydrogen) atoms. The van der Waals surface area contributed by atoms with Gasteiger partial charge >= 0.3 is 0 Å².